The monoisotopic (exact) mass is 449 g/mol. The van der Waals surface area contributed by atoms with E-state index in [0.29, 0.717) is 23.7 Å². The number of rotatable bonds is 6. The lowest BCUT2D eigenvalue weighted by molar-refractivity contribution is -0.137. The van der Waals surface area contributed by atoms with Gasteiger partial charge in [-0.1, -0.05) is 12.1 Å². The molecule has 1 unspecified atom stereocenters. The first-order chi connectivity index (χ1) is 15.1. The fourth-order valence-corrected chi connectivity index (χ4v) is 3.36. The summed E-state index contributed by atoms with van der Waals surface area (Å²) in [7, 11) is 1.46. The van der Waals surface area contributed by atoms with Gasteiger partial charge in [0.05, 0.1) is 30.9 Å². The van der Waals surface area contributed by atoms with E-state index in [9.17, 15) is 22.8 Å². The second kappa shape index (κ2) is 9.21. The minimum Gasteiger partial charge on any atom is -0.493 e. The summed E-state index contributed by atoms with van der Waals surface area (Å²) in [5.41, 5.74) is 0.0481. The number of methoxy groups -OCH3 is 1. The third kappa shape index (κ3) is 4.96. The zero-order valence-electron chi connectivity index (χ0n) is 17.6. The molecule has 1 aliphatic heterocycles. The number of ether oxygens (including phenoxy) is 2. The van der Waals surface area contributed by atoms with Gasteiger partial charge in [-0.25, -0.2) is 4.79 Å². The highest BCUT2D eigenvalue weighted by Crippen LogP contribution is 2.35. The third-order valence-corrected chi connectivity index (χ3v) is 4.78. The lowest BCUT2D eigenvalue weighted by Gasteiger charge is -2.29. The number of hydrogen-bond donors (Lipinski definition) is 3. The molecule has 0 aromatic heterocycles. The first-order valence-corrected chi connectivity index (χ1v) is 9.71. The van der Waals surface area contributed by atoms with Crippen molar-refractivity contribution in [2.24, 2.45) is 0 Å². The zero-order chi connectivity index (χ0) is 23.5. The average molecular weight is 449 g/mol. The minimum atomic E-state index is -4.54. The van der Waals surface area contributed by atoms with E-state index in [2.05, 4.69) is 16.0 Å². The molecule has 170 valence electrons. The largest absolute Gasteiger partial charge is 0.493 e. The van der Waals surface area contributed by atoms with Gasteiger partial charge in [0.2, 0.25) is 0 Å². The van der Waals surface area contributed by atoms with Crippen LogP contribution in [0.4, 0.5) is 23.7 Å². The van der Waals surface area contributed by atoms with Gasteiger partial charge in [-0.2, -0.15) is 13.2 Å². The molecular formula is C22H22F3N3O4. The van der Waals surface area contributed by atoms with Crippen LogP contribution < -0.4 is 25.4 Å². The third-order valence-electron chi connectivity index (χ3n) is 4.78. The number of urea groups is 1. The van der Waals surface area contributed by atoms with Crippen LogP contribution in [0.1, 0.15) is 31.0 Å². The molecule has 2 aromatic carbocycles. The molecule has 0 saturated carbocycles. The van der Waals surface area contributed by atoms with E-state index >= 15 is 0 Å². The second-order valence-corrected chi connectivity index (χ2v) is 6.95. The molecule has 1 aliphatic rings. The van der Waals surface area contributed by atoms with Crippen LogP contribution in [-0.2, 0) is 11.0 Å². The number of carbonyl (C=O) groups is 2. The van der Waals surface area contributed by atoms with Gasteiger partial charge >= 0.3 is 12.2 Å². The second-order valence-electron chi connectivity index (χ2n) is 6.95. The standard InChI is InChI=1S/C22H22F3N3O4/c1-4-32-16-9-8-13(10-17(16)31-3)19-18(12(2)26-21(30)28-19)20(29)27-15-7-5-6-14(11-15)22(23,24)25/h5-11,19H,4H2,1-3H3,(H,27,29)(H2,26,28,30). The zero-order valence-corrected chi connectivity index (χ0v) is 17.6. The van der Waals surface area contributed by atoms with Crippen molar-refractivity contribution in [2.75, 3.05) is 19.0 Å². The fraction of sp³-hybridized carbons (Fsp3) is 0.273. The first-order valence-electron chi connectivity index (χ1n) is 9.71. The van der Waals surface area contributed by atoms with Gasteiger partial charge in [-0.05, 0) is 49.7 Å². The molecule has 1 heterocycles. The molecule has 0 radical (unpaired) electrons. The highest BCUT2D eigenvalue weighted by molar-refractivity contribution is 6.06. The molecular weight excluding hydrogens is 427 g/mol. The molecule has 3 N–H and O–H groups in total. The Morgan fingerprint density at radius 3 is 2.56 bits per heavy atom. The number of anilines is 1. The Labute approximate surface area is 182 Å². The van der Waals surface area contributed by atoms with E-state index in [1.165, 1.54) is 19.2 Å². The summed E-state index contributed by atoms with van der Waals surface area (Å²) in [4.78, 5) is 25.1. The van der Waals surface area contributed by atoms with Gasteiger partial charge in [-0.3, -0.25) is 4.79 Å². The Balaban J connectivity index is 1.95. The lowest BCUT2D eigenvalue weighted by atomic mass is 9.94. The van der Waals surface area contributed by atoms with Crippen molar-refractivity contribution in [3.05, 3.63) is 64.9 Å². The maximum Gasteiger partial charge on any atom is 0.416 e. The first kappa shape index (κ1) is 23.0. The van der Waals surface area contributed by atoms with Gasteiger partial charge in [0.25, 0.3) is 5.91 Å². The smallest absolute Gasteiger partial charge is 0.416 e. The highest BCUT2D eigenvalue weighted by atomic mass is 19.4. The maximum atomic E-state index is 13.1. The molecule has 3 rings (SSSR count). The van der Waals surface area contributed by atoms with Crippen molar-refractivity contribution >= 4 is 17.6 Å². The summed E-state index contributed by atoms with van der Waals surface area (Å²) < 4.78 is 49.9. The number of nitrogens with one attached hydrogen (secondary N) is 3. The molecule has 10 heteroatoms. The Hall–Kier alpha value is -3.69. The van der Waals surface area contributed by atoms with Crippen LogP contribution in [-0.4, -0.2) is 25.7 Å². The molecule has 32 heavy (non-hydrogen) atoms. The van der Waals surface area contributed by atoms with Gasteiger partial charge < -0.3 is 25.4 Å². The van der Waals surface area contributed by atoms with E-state index in [4.69, 9.17) is 9.47 Å². The number of alkyl halides is 3. The normalized spacial score (nSPS) is 16.2. The van der Waals surface area contributed by atoms with Gasteiger partial charge in [-0.15, -0.1) is 0 Å². The number of allylic oxidation sites excluding steroid dienone is 1. The van der Waals surface area contributed by atoms with Crippen molar-refractivity contribution < 1.29 is 32.2 Å². The van der Waals surface area contributed by atoms with Gasteiger partial charge in [0.15, 0.2) is 11.5 Å². The lowest BCUT2D eigenvalue weighted by Crippen LogP contribution is -2.46. The number of hydrogen-bond acceptors (Lipinski definition) is 4. The average Bonchev–Trinajstić information content (AvgIpc) is 2.73. The fourth-order valence-electron chi connectivity index (χ4n) is 3.36. The summed E-state index contributed by atoms with van der Waals surface area (Å²) in [5.74, 6) is 0.245. The molecule has 0 fully saturated rings. The summed E-state index contributed by atoms with van der Waals surface area (Å²) in [6.45, 7) is 3.78. The number of halogens is 3. The van der Waals surface area contributed by atoms with Gasteiger partial charge in [0, 0.05) is 11.4 Å². The van der Waals surface area contributed by atoms with Crippen molar-refractivity contribution in [3.63, 3.8) is 0 Å². The summed E-state index contributed by atoms with van der Waals surface area (Å²) in [5, 5.41) is 7.68. The van der Waals surface area contributed by atoms with Crippen LogP contribution in [0, 0.1) is 0 Å². The Kier molecular flexibility index (Phi) is 6.61. The summed E-state index contributed by atoms with van der Waals surface area (Å²) in [6, 6.07) is 7.90. The maximum absolute atomic E-state index is 13.1. The van der Waals surface area contributed by atoms with Crippen LogP contribution in [0.15, 0.2) is 53.7 Å². The van der Waals surface area contributed by atoms with Crippen molar-refractivity contribution in [1.82, 2.24) is 10.6 Å². The predicted molar refractivity (Wildman–Crippen MR) is 111 cm³/mol. The Bertz CT molecular complexity index is 1070. The number of carbonyl (C=O) groups excluding carboxylic acids is 2. The SMILES string of the molecule is CCOc1ccc(C2NC(=O)NC(C)=C2C(=O)Nc2cccc(C(F)(F)F)c2)cc1OC. The molecule has 0 spiro atoms. The molecule has 2 aromatic rings. The molecule has 0 bridgehead atoms. The number of benzene rings is 2. The van der Waals surface area contributed by atoms with Crippen LogP contribution >= 0.6 is 0 Å². The minimum absolute atomic E-state index is 0.0231. The number of amides is 3. The summed E-state index contributed by atoms with van der Waals surface area (Å²) >= 11 is 0. The van der Waals surface area contributed by atoms with Crippen molar-refractivity contribution in [1.29, 1.82) is 0 Å². The molecule has 0 aliphatic carbocycles. The predicted octanol–water partition coefficient (Wildman–Crippen LogP) is 4.38. The van der Waals surface area contributed by atoms with E-state index in [0.717, 1.165) is 12.1 Å². The van der Waals surface area contributed by atoms with Crippen LogP contribution in [0.25, 0.3) is 0 Å². The Morgan fingerprint density at radius 1 is 1.16 bits per heavy atom. The molecule has 0 saturated heterocycles. The Morgan fingerprint density at radius 2 is 1.91 bits per heavy atom. The van der Waals surface area contributed by atoms with Crippen molar-refractivity contribution in [2.45, 2.75) is 26.1 Å². The molecule has 7 nitrogen and oxygen atoms in total. The highest BCUT2D eigenvalue weighted by Gasteiger charge is 2.33. The van der Waals surface area contributed by atoms with E-state index in [1.54, 1.807) is 25.1 Å². The van der Waals surface area contributed by atoms with Crippen LogP contribution in [0.3, 0.4) is 0 Å². The van der Waals surface area contributed by atoms with E-state index in [-0.39, 0.29) is 17.0 Å². The van der Waals surface area contributed by atoms with Crippen molar-refractivity contribution in [3.8, 4) is 11.5 Å². The topological polar surface area (TPSA) is 88.7 Å². The van der Waals surface area contributed by atoms with E-state index < -0.39 is 29.7 Å². The van der Waals surface area contributed by atoms with Crippen LogP contribution in [0.5, 0.6) is 11.5 Å². The quantitative estimate of drug-likeness (QED) is 0.611. The molecule has 3 amide bonds. The van der Waals surface area contributed by atoms with Crippen LogP contribution in [0.2, 0.25) is 0 Å². The summed E-state index contributed by atoms with van der Waals surface area (Å²) in [6.07, 6.45) is -4.54. The van der Waals surface area contributed by atoms with E-state index in [1.807, 2.05) is 6.92 Å². The van der Waals surface area contributed by atoms with Gasteiger partial charge in [0.1, 0.15) is 0 Å². The molecule has 1 atom stereocenters.